The highest BCUT2D eigenvalue weighted by Gasteiger charge is 2.06. The first-order chi connectivity index (χ1) is 6.19. The molecule has 1 aromatic carbocycles. The highest BCUT2D eigenvalue weighted by atomic mass is 35.5. The van der Waals surface area contributed by atoms with Crippen LogP contribution in [0.2, 0.25) is 10.0 Å². The SMILES string of the molecule is CCOc1cc(NN)c(Cl)cc1Cl. The van der Waals surface area contributed by atoms with E-state index in [0.717, 1.165) is 0 Å². The lowest BCUT2D eigenvalue weighted by atomic mass is 10.3. The van der Waals surface area contributed by atoms with Crippen LogP contribution < -0.4 is 16.0 Å². The Hall–Kier alpha value is -0.640. The lowest BCUT2D eigenvalue weighted by Gasteiger charge is -2.09. The van der Waals surface area contributed by atoms with E-state index in [1.54, 1.807) is 12.1 Å². The summed E-state index contributed by atoms with van der Waals surface area (Å²) in [5.74, 6) is 5.80. The summed E-state index contributed by atoms with van der Waals surface area (Å²) in [5, 5.41) is 0.946. The predicted molar refractivity (Wildman–Crippen MR) is 55.4 cm³/mol. The van der Waals surface area contributed by atoms with E-state index in [1.165, 1.54) is 0 Å². The number of nitrogens with two attached hydrogens (primary N) is 1. The molecule has 0 saturated carbocycles. The number of anilines is 1. The zero-order valence-electron chi connectivity index (χ0n) is 7.10. The fourth-order valence-electron chi connectivity index (χ4n) is 0.906. The second kappa shape index (κ2) is 4.56. The summed E-state index contributed by atoms with van der Waals surface area (Å²) in [6, 6.07) is 3.25. The van der Waals surface area contributed by atoms with Crippen LogP contribution in [0.15, 0.2) is 12.1 Å². The monoisotopic (exact) mass is 220 g/mol. The zero-order valence-corrected chi connectivity index (χ0v) is 8.62. The average molecular weight is 221 g/mol. The summed E-state index contributed by atoms with van der Waals surface area (Å²) in [6.45, 7) is 2.42. The van der Waals surface area contributed by atoms with Crippen LogP contribution in [0.4, 0.5) is 5.69 Å². The minimum absolute atomic E-state index is 0.468. The maximum absolute atomic E-state index is 5.86. The number of rotatable bonds is 3. The van der Waals surface area contributed by atoms with Crippen LogP contribution in [0, 0.1) is 0 Å². The number of halogens is 2. The predicted octanol–water partition coefficient (Wildman–Crippen LogP) is 2.68. The molecule has 13 heavy (non-hydrogen) atoms. The first kappa shape index (κ1) is 10.4. The zero-order chi connectivity index (χ0) is 9.84. The molecule has 5 heteroatoms. The number of ether oxygens (including phenoxy) is 1. The van der Waals surface area contributed by atoms with Gasteiger partial charge >= 0.3 is 0 Å². The van der Waals surface area contributed by atoms with Gasteiger partial charge in [0.2, 0.25) is 0 Å². The maximum atomic E-state index is 5.86. The first-order valence-corrected chi connectivity index (χ1v) is 4.53. The molecule has 1 rings (SSSR count). The topological polar surface area (TPSA) is 47.3 Å². The Morgan fingerprint density at radius 3 is 2.62 bits per heavy atom. The van der Waals surface area contributed by atoms with Crippen LogP contribution in [-0.4, -0.2) is 6.61 Å². The molecule has 0 spiro atoms. The van der Waals surface area contributed by atoms with E-state index in [-0.39, 0.29) is 0 Å². The Morgan fingerprint density at radius 1 is 1.38 bits per heavy atom. The number of hydrazine groups is 1. The largest absolute Gasteiger partial charge is 0.492 e. The van der Waals surface area contributed by atoms with Gasteiger partial charge in [-0.1, -0.05) is 23.2 Å². The van der Waals surface area contributed by atoms with Crippen LogP contribution >= 0.6 is 23.2 Å². The summed E-state index contributed by atoms with van der Waals surface area (Å²) < 4.78 is 5.25. The smallest absolute Gasteiger partial charge is 0.140 e. The van der Waals surface area contributed by atoms with Crippen LogP contribution in [0.3, 0.4) is 0 Å². The van der Waals surface area contributed by atoms with Crippen LogP contribution in [0.25, 0.3) is 0 Å². The molecule has 0 heterocycles. The molecule has 1 aromatic rings. The van der Waals surface area contributed by atoms with Gasteiger partial charge in [-0.15, -0.1) is 0 Å². The Morgan fingerprint density at radius 2 is 2.08 bits per heavy atom. The summed E-state index contributed by atoms with van der Waals surface area (Å²) in [7, 11) is 0. The van der Waals surface area contributed by atoms with E-state index in [0.29, 0.717) is 28.1 Å². The minimum atomic E-state index is 0.468. The van der Waals surface area contributed by atoms with Gasteiger partial charge in [-0.25, -0.2) is 0 Å². The summed E-state index contributed by atoms with van der Waals surface area (Å²) in [4.78, 5) is 0. The van der Waals surface area contributed by atoms with Gasteiger partial charge in [0.05, 0.1) is 22.3 Å². The minimum Gasteiger partial charge on any atom is -0.492 e. The second-order valence-electron chi connectivity index (χ2n) is 2.34. The van der Waals surface area contributed by atoms with Crippen molar-refractivity contribution in [2.75, 3.05) is 12.0 Å². The van der Waals surface area contributed by atoms with Gasteiger partial charge < -0.3 is 10.2 Å². The molecule has 0 aromatic heterocycles. The number of nitrogens with one attached hydrogen (secondary N) is 1. The van der Waals surface area contributed by atoms with Crippen molar-refractivity contribution in [2.45, 2.75) is 6.92 Å². The van der Waals surface area contributed by atoms with Gasteiger partial charge in [0.1, 0.15) is 5.75 Å². The number of benzene rings is 1. The molecule has 0 unspecified atom stereocenters. The first-order valence-electron chi connectivity index (χ1n) is 3.77. The number of hydrogen-bond donors (Lipinski definition) is 2. The molecule has 0 aliphatic heterocycles. The van der Waals surface area contributed by atoms with Gasteiger partial charge in [-0.3, -0.25) is 5.84 Å². The maximum Gasteiger partial charge on any atom is 0.140 e. The number of nitrogen functional groups attached to an aromatic ring is 1. The van der Waals surface area contributed by atoms with Crippen molar-refractivity contribution in [3.05, 3.63) is 22.2 Å². The highest BCUT2D eigenvalue weighted by molar-refractivity contribution is 6.37. The Bertz CT molecular complexity index is 304. The standard InChI is InChI=1S/C8H10Cl2N2O/c1-2-13-8-4-7(12-11)5(9)3-6(8)10/h3-4,12H,2,11H2,1H3. The van der Waals surface area contributed by atoms with E-state index >= 15 is 0 Å². The molecule has 72 valence electrons. The van der Waals surface area contributed by atoms with Crippen molar-refractivity contribution >= 4 is 28.9 Å². The van der Waals surface area contributed by atoms with Crippen molar-refractivity contribution in [3.63, 3.8) is 0 Å². The van der Waals surface area contributed by atoms with E-state index in [4.69, 9.17) is 33.8 Å². The third kappa shape index (κ3) is 2.40. The lowest BCUT2D eigenvalue weighted by Crippen LogP contribution is -2.07. The Kier molecular flexibility index (Phi) is 3.66. The van der Waals surface area contributed by atoms with Crippen LogP contribution in [0.1, 0.15) is 6.92 Å². The van der Waals surface area contributed by atoms with Crippen molar-refractivity contribution in [1.82, 2.24) is 0 Å². The van der Waals surface area contributed by atoms with Crippen molar-refractivity contribution < 1.29 is 4.74 Å². The quantitative estimate of drug-likeness (QED) is 0.609. The third-order valence-electron chi connectivity index (χ3n) is 1.48. The summed E-state index contributed by atoms with van der Waals surface area (Å²) >= 11 is 11.7. The third-order valence-corrected chi connectivity index (χ3v) is 2.08. The molecule has 0 aliphatic carbocycles. The van der Waals surface area contributed by atoms with Gasteiger partial charge in [0.25, 0.3) is 0 Å². The highest BCUT2D eigenvalue weighted by Crippen LogP contribution is 2.33. The van der Waals surface area contributed by atoms with Crippen LogP contribution in [0.5, 0.6) is 5.75 Å². The van der Waals surface area contributed by atoms with Gasteiger partial charge in [0, 0.05) is 6.07 Å². The van der Waals surface area contributed by atoms with Gasteiger partial charge in [-0.2, -0.15) is 0 Å². The van der Waals surface area contributed by atoms with E-state index in [9.17, 15) is 0 Å². The lowest BCUT2D eigenvalue weighted by molar-refractivity contribution is 0.340. The molecule has 3 nitrogen and oxygen atoms in total. The van der Waals surface area contributed by atoms with Crippen LogP contribution in [-0.2, 0) is 0 Å². The van der Waals surface area contributed by atoms with Crippen molar-refractivity contribution in [2.24, 2.45) is 5.84 Å². The molecule has 3 N–H and O–H groups in total. The molecule has 0 saturated heterocycles. The van der Waals surface area contributed by atoms with E-state index in [2.05, 4.69) is 5.43 Å². The molecular formula is C8H10Cl2N2O. The molecule has 0 atom stereocenters. The Balaban J connectivity index is 3.06. The molecule has 0 amide bonds. The van der Waals surface area contributed by atoms with Gasteiger partial charge in [0.15, 0.2) is 0 Å². The van der Waals surface area contributed by atoms with E-state index in [1.807, 2.05) is 6.92 Å². The normalized spacial score (nSPS) is 9.85. The second-order valence-corrected chi connectivity index (χ2v) is 3.15. The van der Waals surface area contributed by atoms with Gasteiger partial charge in [-0.05, 0) is 13.0 Å². The number of hydrogen-bond acceptors (Lipinski definition) is 3. The van der Waals surface area contributed by atoms with Crippen molar-refractivity contribution in [1.29, 1.82) is 0 Å². The molecular weight excluding hydrogens is 211 g/mol. The summed E-state index contributed by atoms with van der Waals surface area (Å²) in [5.41, 5.74) is 3.04. The molecule has 0 bridgehead atoms. The average Bonchev–Trinajstić information content (AvgIpc) is 2.10. The fraction of sp³-hybridized carbons (Fsp3) is 0.250. The fourth-order valence-corrected chi connectivity index (χ4v) is 1.40. The Labute approximate surface area is 86.7 Å². The summed E-state index contributed by atoms with van der Waals surface area (Å²) in [6.07, 6.45) is 0. The van der Waals surface area contributed by atoms with Crippen molar-refractivity contribution in [3.8, 4) is 5.75 Å². The molecule has 0 fully saturated rings. The van der Waals surface area contributed by atoms with E-state index < -0.39 is 0 Å². The molecule has 0 radical (unpaired) electrons. The molecule has 0 aliphatic rings.